The number of hydrogen-bond donors (Lipinski definition) is 2. The summed E-state index contributed by atoms with van der Waals surface area (Å²) in [5.41, 5.74) is 0.450. The summed E-state index contributed by atoms with van der Waals surface area (Å²) >= 11 is 1.49. The van der Waals surface area contributed by atoms with E-state index in [0.29, 0.717) is 41.5 Å². The molecule has 0 spiro atoms. The Morgan fingerprint density at radius 2 is 1.94 bits per heavy atom. The number of carbonyl (C=O) groups excluding carboxylic acids is 1. The molecule has 34 heavy (non-hydrogen) atoms. The van der Waals surface area contributed by atoms with Gasteiger partial charge in [0.2, 0.25) is 0 Å². The molecule has 4 bridgehead atoms. The van der Waals surface area contributed by atoms with Gasteiger partial charge in [-0.25, -0.2) is 4.98 Å². The van der Waals surface area contributed by atoms with E-state index in [9.17, 15) is 23.1 Å². The number of aliphatic hydroxyl groups is 1. The van der Waals surface area contributed by atoms with Crippen LogP contribution >= 0.6 is 11.3 Å². The Bertz CT molecular complexity index is 1260. The summed E-state index contributed by atoms with van der Waals surface area (Å²) in [5.74, 6) is 0.633. The third-order valence-corrected chi connectivity index (χ3v) is 8.62. The van der Waals surface area contributed by atoms with Gasteiger partial charge in [0, 0.05) is 18.2 Å². The number of nitrogens with one attached hydrogen (secondary N) is 1. The molecule has 2 atom stereocenters. The van der Waals surface area contributed by atoms with Crippen molar-refractivity contribution in [1.29, 1.82) is 0 Å². The first kappa shape index (κ1) is 22.0. The van der Waals surface area contributed by atoms with Gasteiger partial charge in [-0.2, -0.15) is 13.2 Å². The Morgan fingerprint density at radius 3 is 2.59 bits per heavy atom. The SMILES string of the molecule is O=C(NC12CC3CC(CC(O)(C3)C1)C2)c1cc(Cc2ccc(C(F)(F)F)nc2)c2sccc2n1. The van der Waals surface area contributed by atoms with Gasteiger partial charge in [-0.1, -0.05) is 6.07 Å². The lowest BCUT2D eigenvalue weighted by Crippen LogP contribution is -2.65. The Balaban J connectivity index is 1.28. The second-order valence-corrected chi connectivity index (χ2v) is 11.4. The number of alkyl halides is 3. The number of pyridine rings is 2. The van der Waals surface area contributed by atoms with Crippen molar-refractivity contribution < 1.29 is 23.1 Å². The van der Waals surface area contributed by atoms with Gasteiger partial charge in [-0.3, -0.25) is 9.78 Å². The van der Waals surface area contributed by atoms with Crippen LogP contribution in [0.3, 0.4) is 0 Å². The zero-order valence-corrected chi connectivity index (χ0v) is 19.2. The van der Waals surface area contributed by atoms with E-state index in [2.05, 4.69) is 15.3 Å². The van der Waals surface area contributed by atoms with Crippen molar-refractivity contribution in [1.82, 2.24) is 15.3 Å². The van der Waals surface area contributed by atoms with Crippen LogP contribution in [0.2, 0.25) is 0 Å². The van der Waals surface area contributed by atoms with E-state index >= 15 is 0 Å². The number of amides is 1. The van der Waals surface area contributed by atoms with E-state index in [1.54, 1.807) is 6.07 Å². The highest BCUT2D eigenvalue weighted by Crippen LogP contribution is 2.57. The highest BCUT2D eigenvalue weighted by molar-refractivity contribution is 7.17. The standard InChI is InChI=1S/C25H24F3N3O2S/c26-25(27,28)20-2-1-14(12-29-20)6-17-7-19(30-18-3-4-34-21(17)18)22(32)31-23-8-15-5-16(9-23)11-24(33,10-15)13-23/h1-4,7,12,15-16,33H,5-6,8-11,13H2,(H,31,32). The molecule has 3 aromatic rings. The molecule has 2 unspecified atom stereocenters. The fourth-order valence-corrected chi connectivity index (χ4v) is 7.70. The molecule has 0 aliphatic heterocycles. The maximum absolute atomic E-state index is 13.4. The molecule has 0 radical (unpaired) electrons. The summed E-state index contributed by atoms with van der Waals surface area (Å²) in [5, 5.41) is 16.1. The first-order valence-corrected chi connectivity index (χ1v) is 12.4. The van der Waals surface area contributed by atoms with Crippen molar-refractivity contribution in [2.45, 2.75) is 62.3 Å². The molecule has 4 aliphatic carbocycles. The second kappa shape index (κ2) is 7.49. The summed E-state index contributed by atoms with van der Waals surface area (Å²) in [6, 6.07) is 5.98. The molecule has 7 rings (SSSR count). The Hall–Kier alpha value is -2.52. The van der Waals surface area contributed by atoms with Crippen LogP contribution in [0.5, 0.6) is 0 Å². The van der Waals surface area contributed by atoms with Gasteiger partial charge >= 0.3 is 6.18 Å². The Morgan fingerprint density at radius 1 is 1.18 bits per heavy atom. The molecule has 3 aromatic heterocycles. The molecule has 9 heteroatoms. The van der Waals surface area contributed by atoms with E-state index in [1.807, 2.05) is 11.4 Å². The zero-order valence-electron chi connectivity index (χ0n) is 18.4. The number of nitrogens with zero attached hydrogens (tertiary/aromatic N) is 2. The van der Waals surface area contributed by atoms with Crippen LogP contribution in [0.1, 0.15) is 65.8 Å². The fourth-order valence-electron chi connectivity index (χ4n) is 6.85. The van der Waals surface area contributed by atoms with Gasteiger partial charge in [-0.15, -0.1) is 11.3 Å². The summed E-state index contributed by atoms with van der Waals surface area (Å²) < 4.78 is 39.5. The van der Waals surface area contributed by atoms with E-state index < -0.39 is 23.0 Å². The van der Waals surface area contributed by atoms with Gasteiger partial charge in [0.1, 0.15) is 11.4 Å². The third kappa shape index (κ3) is 3.88. The molecular formula is C25H24F3N3O2S. The predicted molar refractivity (Wildman–Crippen MR) is 121 cm³/mol. The number of aromatic nitrogens is 2. The van der Waals surface area contributed by atoms with Gasteiger partial charge < -0.3 is 10.4 Å². The number of hydrogen-bond acceptors (Lipinski definition) is 5. The largest absolute Gasteiger partial charge is 0.433 e. The molecule has 4 saturated carbocycles. The van der Waals surface area contributed by atoms with Crippen LogP contribution in [-0.4, -0.2) is 32.1 Å². The van der Waals surface area contributed by atoms with Crippen molar-refractivity contribution in [3.63, 3.8) is 0 Å². The first-order valence-electron chi connectivity index (χ1n) is 11.5. The van der Waals surface area contributed by atoms with Crippen molar-refractivity contribution in [3.8, 4) is 0 Å². The molecular weight excluding hydrogens is 463 g/mol. The summed E-state index contributed by atoms with van der Waals surface area (Å²) in [6.07, 6.45) is 2.25. The van der Waals surface area contributed by atoms with E-state index in [1.165, 1.54) is 23.6 Å². The minimum absolute atomic E-state index is 0.259. The van der Waals surface area contributed by atoms with Crippen LogP contribution in [0.25, 0.3) is 10.2 Å². The normalized spacial score (nSPS) is 30.1. The highest BCUT2D eigenvalue weighted by Gasteiger charge is 2.57. The molecule has 4 aliphatic rings. The van der Waals surface area contributed by atoms with Gasteiger partial charge in [0.25, 0.3) is 5.91 Å². The monoisotopic (exact) mass is 487 g/mol. The topological polar surface area (TPSA) is 75.1 Å². The lowest BCUT2D eigenvalue weighted by atomic mass is 9.51. The Kier molecular flexibility index (Phi) is 4.84. The second-order valence-electron chi connectivity index (χ2n) is 10.4. The number of carbonyl (C=O) groups is 1. The maximum Gasteiger partial charge on any atom is 0.433 e. The van der Waals surface area contributed by atoms with Crippen molar-refractivity contribution in [2.75, 3.05) is 0 Å². The lowest BCUT2D eigenvalue weighted by Gasteiger charge is -2.60. The van der Waals surface area contributed by atoms with Crippen LogP contribution < -0.4 is 5.32 Å². The number of fused-ring (bicyclic) bond motifs is 1. The molecule has 0 saturated heterocycles. The average molecular weight is 488 g/mol. The molecule has 3 heterocycles. The fraction of sp³-hybridized carbons (Fsp3) is 0.480. The van der Waals surface area contributed by atoms with Crippen molar-refractivity contribution >= 4 is 27.5 Å². The van der Waals surface area contributed by atoms with Crippen LogP contribution in [0, 0.1) is 11.8 Å². The molecule has 0 aromatic carbocycles. The molecule has 5 nitrogen and oxygen atoms in total. The average Bonchev–Trinajstić information content (AvgIpc) is 3.20. The number of halogens is 3. The predicted octanol–water partition coefficient (Wildman–Crippen LogP) is 5.11. The smallest absolute Gasteiger partial charge is 0.390 e. The number of thiophene rings is 1. The number of rotatable bonds is 4. The van der Waals surface area contributed by atoms with E-state index in [-0.39, 0.29) is 5.91 Å². The lowest BCUT2D eigenvalue weighted by molar-refractivity contribution is -0.141. The molecule has 4 fully saturated rings. The third-order valence-electron chi connectivity index (χ3n) is 7.64. The minimum Gasteiger partial charge on any atom is -0.390 e. The van der Waals surface area contributed by atoms with E-state index in [4.69, 9.17) is 0 Å². The molecule has 178 valence electrons. The van der Waals surface area contributed by atoms with Crippen LogP contribution in [0.4, 0.5) is 13.2 Å². The zero-order chi connectivity index (χ0) is 23.7. The van der Waals surface area contributed by atoms with Gasteiger partial charge in [-0.05, 0) is 85.1 Å². The first-order chi connectivity index (χ1) is 16.1. The summed E-state index contributed by atoms with van der Waals surface area (Å²) in [6.45, 7) is 0. The maximum atomic E-state index is 13.4. The summed E-state index contributed by atoms with van der Waals surface area (Å²) in [7, 11) is 0. The van der Waals surface area contributed by atoms with Crippen LogP contribution in [0.15, 0.2) is 35.8 Å². The van der Waals surface area contributed by atoms with E-state index in [0.717, 1.165) is 48.4 Å². The van der Waals surface area contributed by atoms with Gasteiger partial charge in [0.05, 0.1) is 15.8 Å². The Labute approximate surface area is 198 Å². The van der Waals surface area contributed by atoms with Crippen molar-refractivity contribution in [3.05, 3.63) is 58.4 Å². The molecule has 2 N–H and O–H groups in total. The quantitative estimate of drug-likeness (QED) is 0.536. The van der Waals surface area contributed by atoms with Crippen LogP contribution in [-0.2, 0) is 12.6 Å². The molecule has 1 amide bonds. The van der Waals surface area contributed by atoms with Crippen molar-refractivity contribution in [2.24, 2.45) is 11.8 Å². The van der Waals surface area contributed by atoms with Gasteiger partial charge in [0.15, 0.2) is 0 Å². The minimum atomic E-state index is -4.48. The summed E-state index contributed by atoms with van der Waals surface area (Å²) in [4.78, 5) is 21.5. The highest BCUT2D eigenvalue weighted by atomic mass is 32.1.